The Bertz CT molecular complexity index is 793. The highest BCUT2D eigenvalue weighted by Crippen LogP contribution is 2.27. The van der Waals surface area contributed by atoms with Crippen LogP contribution >= 0.6 is 0 Å². The van der Waals surface area contributed by atoms with Gasteiger partial charge in [-0.1, -0.05) is 0 Å². The molecular weight excluding hydrogens is 480 g/mol. The number of urea groups is 2. The molecule has 2 unspecified atom stereocenters. The van der Waals surface area contributed by atoms with Crippen molar-refractivity contribution < 1.29 is 9.59 Å². The van der Waals surface area contributed by atoms with E-state index in [0.717, 1.165) is 116 Å². The number of amidine groups is 2. The van der Waals surface area contributed by atoms with Crippen LogP contribution in [0.15, 0.2) is 9.98 Å². The molecule has 2 aliphatic heterocycles. The van der Waals surface area contributed by atoms with Gasteiger partial charge in [-0.05, 0) is 89.9 Å². The minimum atomic E-state index is -0.0643. The van der Waals surface area contributed by atoms with E-state index in [1.54, 1.807) is 0 Å². The number of hydrogen-bond acceptors (Lipinski definition) is 6. The predicted octanol–water partition coefficient (Wildman–Crippen LogP) is 2.80. The van der Waals surface area contributed by atoms with Crippen molar-refractivity contribution in [3.63, 3.8) is 0 Å². The predicted molar refractivity (Wildman–Crippen MR) is 151 cm³/mol. The van der Waals surface area contributed by atoms with Crippen LogP contribution in [-0.2, 0) is 0 Å². The maximum Gasteiger partial charge on any atom is 0.315 e. The Morgan fingerprint density at radius 1 is 0.553 bits per heavy atom. The molecule has 2 heterocycles. The molecule has 0 radical (unpaired) electrons. The number of carbonyl (C=O) groups excluding carboxylic acids is 2. The molecule has 5 aliphatic rings. The van der Waals surface area contributed by atoms with Crippen LogP contribution in [0.4, 0.5) is 9.59 Å². The fourth-order valence-electron chi connectivity index (χ4n) is 6.95. The highest BCUT2D eigenvalue weighted by Gasteiger charge is 2.30. The number of rotatable bonds is 6. The van der Waals surface area contributed by atoms with Crippen LogP contribution in [0.3, 0.4) is 0 Å². The fourth-order valence-corrected chi connectivity index (χ4v) is 6.95. The van der Waals surface area contributed by atoms with Crippen LogP contribution in [0.2, 0.25) is 0 Å². The zero-order valence-corrected chi connectivity index (χ0v) is 22.9. The van der Waals surface area contributed by atoms with Crippen molar-refractivity contribution in [2.24, 2.45) is 21.8 Å². The third-order valence-corrected chi connectivity index (χ3v) is 9.09. The van der Waals surface area contributed by atoms with Crippen molar-refractivity contribution in [2.75, 3.05) is 26.2 Å². The standard InChI is InChI=1S/C28H48N8O2/c37-27(33-21-10-6-19(7-11-21)25-29-14-2-15-30-25)35-23-4-1-5-24(18-23)36-28(38)34-22-12-8-20(9-13-22)26-31-16-3-17-32-26/h19-24H,1-18H2,(H,29,30)(H,31,32)(H2,33,35,37)(H2,34,36,38). The lowest BCUT2D eigenvalue weighted by molar-refractivity contribution is 0.212. The molecular formula is C28H48N8O2. The molecule has 212 valence electrons. The Morgan fingerprint density at radius 2 is 0.974 bits per heavy atom. The van der Waals surface area contributed by atoms with Gasteiger partial charge in [-0.25, -0.2) is 9.59 Å². The van der Waals surface area contributed by atoms with Crippen LogP contribution in [-0.4, -0.2) is 74.1 Å². The van der Waals surface area contributed by atoms with Gasteiger partial charge in [-0.15, -0.1) is 0 Å². The second-order valence-electron chi connectivity index (χ2n) is 12.0. The lowest BCUT2D eigenvalue weighted by atomic mass is 9.85. The normalized spacial score (nSPS) is 33.9. The average molecular weight is 529 g/mol. The minimum Gasteiger partial charge on any atom is -0.374 e. The van der Waals surface area contributed by atoms with E-state index in [2.05, 4.69) is 41.9 Å². The molecule has 0 spiro atoms. The third-order valence-electron chi connectivity index (χ3n) is 9.09. The molecule has 3 aliphatic carbocycles. The number of nitrogens with zero attached hydrogens (tertiary/aromatic N) is 2. The SMILES string of the molecule is O=C(NC1CCC(C2=NCCCN2)CC1)NC1CCCC(NC(=O)NC2CCC(C3=NCCCN3)CC2)C1. The summed E-state index contributed by atoms with van der Waals surface area (Å²) >= 11 is 0. The van der Waals surface area contributed by atoms with Crippen molar-refractivity contribution in [3.8, 4) is 0 Å². The first-order valence-electron chi connectivity index (χ1n) is 15.3. The van der Waals surface area contributed by atoms with Gasteiger partial charge in [0.15, 0.2) is 0 Å². The molecule has 10 heteroatoms. The number of hydrogen-bond donors (Lipinski definition) is 6. The first kappa shape index (κ1) is 27.1. The van der Waals surface area contributed by atoms with Crippen molar-refractivity contribution in [1.29, 1.82) is 0 Å². The second-order valence-corrected chi connectivity index (χ2v) is 12.0. The molecule has 0 bridgehead atoms. The summed E-state index contributed by atoms with van der Waals surface area (Å²) in [5, 5.41) is 19.7. The largest absolute Gasteiger partial charge is 0.374 e. The van der Waals surface area contributed by atoms with Gasteiger partial charge in [0, 0.05) is 62.2 Å². The van der Waals surface area contributed by atoms with Crippen molar-refractivity contribution in [1.82, 2.24) is 31.9 Å². The summed E-state index contributed by atoms with van der Waals surface area (Å²) < 4.78 is 0. The highest BCUT2D eigenvalue weighted by atomic mass is 16.2. The zero-order chi connectivity index (χ0) is 26.2. The van der Waals surface area contributed by atoms with E-state index >= 15 is 0 Å². The van der Waals surface area contributed by atoms with Crippen molar-refractivity contribution in [3.05, 3.63) is 0 Å². The zero-order valence-electron chi connectivity index (χ0n) is 22.9. The average Bonchev–Trinajstić information content (AvgIpc) is 2.95. The smallest absolute Gasteiger partial charge is 0.315 e. The summed E-state index contributed by atoms with van der Waals surface area (Å²) in [6.07, 6.45) is 14.3. The quantitative estimate of drug-likeness (QED) is 0.316. The Balaban J connectivity index is 0.972. The number of amides is 4. The molecule has 4 amide bonds. The highest BCUT2D eigenvalue weighted by molar-refractivity contribution is 5.85. The van der Waals surface area contributed by atoms with Gasteiger partial charge in [0.25, 0.3) is 0 Å². The van der Waals surface area contributed by atoms with Gasteiger partial charge in [-0.3, -0.25) is 9.98 Å². The lowest BCUT2D eigenvalue weighted by Gasteiger charge is -2.34. The van der Waals surface area contributed by atoms with E-state index < -0.39 is 0 Å². The number of nitrogens with one attached hydrogen (secondary N) is 6. The molecule has 0 aromatic rings. The van der Waals surface area contributed by atoms with E-state index in [0.29, 0.717) is 11.8 Å². The summed E-state index contributed by atoms with van der Waals surface area (Å²) in [4.78, 5) is 34.8. The van der Waals surface area contributed by atoms with Gasteiger partial charge >= 0.3 is 12.1 Å². The summed E-state index contributed by atoms with van der Waals surface area (Å²) in [6.45, 7) is 3.95. The maximum atomic E-state index is 12.7. The molecule has 2 atom stereocenters. The molecule has 3 fully saturated rings. The molecule has 0 saturated heterocycles. The Kier molecular flexibility index (Phi) is 9.62. The molecule has 3 saturated carbocycles. The number of carbonyl (C=O) groups is 2. The summed E-state index contributed by atoms with van der Waals surface area (Å²) in [5.74, 6) is 3.41. The third kappa shape index (κ3) is 7.76. The lowest BCUT2D eigenvalue weighted by Crippen LogP contribution is -2.53. The first-order valence-corrected chi connectivity index (χ1v) is 15.3. The van der Waals surface area contributed by atoms with Crippen molar-refractivity contribution >= 4 is 23.7 Å². The van der Waals surface area contributed by atoms with E-state index in [-0.39, 0.29) is 36.2 Å². The van der Waals surface area contributed by atoms with Crippen LogP contribution in [0, 0.1) is 11.8 Å². The Hall–Kier alpha value is -2.52. The van der Waals surface area contributed by atoms with E-state index in [4.69, 9.17) is 0 Å². The fraction of sp³-hybridized carbons (Fsp3) is 0.857. The van der Waals surface area contributed by atoms with Crippen LogP contribution in [0.5, 0.6) is 0 Å². The van der Waals surface area contributed by atoms with E-state index in [9.17, 15) is 9.59 Å². The molecule has 0 aromatic heterocycles. The molecule has 0 aromatic carbocycles. The molecule has 6 N–H and O–H groups in total. The van der Waals surface area contributed by atoms with Crippen molar-refractivity contribution in [2.45, 2.75) is 114 Å². The summed E-state index contributed by atoms with van der Waals surface area (Å²) in [6, 6.07) is 0.538. The summed E-state index contributed by atoms with van der Waals surface area (Å²) in [5.41, 5.74) is 0. The van der Waals surface area contributed by atoms with Crippen LogP contribution < -0.4 is 31.9 Å². The van der Waals surface area contributed by atoms with E-state index in [1.807, 2.05) is 0 Å². The first-order chi connectivity index (χ1) is 18.6. The number of aliphatic imine (C=N–C) groups is 2. The molecule has 38 heavy (non-hydrogen) atoms. The van der Waals surface area contributed by atoms with Crippen LogP contribution in [0.1, 0.15) is 89.9 Å². The van der Waals surface area contributed by atoms with Gasteiger partial charge in [0.2, 0.25) is 0 Å². The Morgan fingerprint density at radius 3 is 1.37 bits per heavy atom. The Labute approximate surface area is 227 Å². The monoisotopic (exact) mass is 528 g/mol. The second kappa shape index (κ2) is 13.5. The molecule has 10 nitrogen and oxygen atoms in total. The summed E-state index contributed by atoms with van der Waals surface area (Å²) in [7, 11) is 0. The minimum absolute atomic E-state index is 0.0643. The van der Waals surface area contributed by atoms with Crippen LogP contribution in [0.25, 0.3) is 0 Å². The maximum absolute atomic E-state index is 12.7. The van der Waals surface area contributed by atoms with Gasteiger partial charge in [-0.2, -0.15) is 0 Å². The van der Waals surface area contributed by atoms with Gasteiger partial charge in [0.05, 0.1) is 11.7 Å². The van der Waals surface area contributed by atoms with Gasteiger partial charge < -0.3 is 31.9 Å². The topological polar surface area (TPSA) is 131 Å². The van der Waals surface area contributed by atoms with E-state index in [1.165, 1.54) is 11.7 Å². The van der Waals surface area contributed by atoms with Gasteiger partial charge in [0.1, 0.15) is 0 Å². The molecule has 5 rings (SSSR count).